The number of urea groups is 1. The van der Waals surface area contributed by atoms with Crippen LogP contribution in [0, 0.1) is 11.6 Å². The van der Waals surface area contributed by atoms with Crippen LogP contribution in [0.5, 0.6) is 0 Å². The molecule has 2 amide bonds. The lowest BCUT2D eigenvalue weighted by Gasteiger charge is -2.16. The van der Waals surface area contributed by atoms with Crippen LogP contribution >= 0.6 is 8.58 Å². The number of carbonyl (C=O) groups is 1. The van der Waals surface area contributed by atoms with Gasteiger partial charge < -0.3 is 16.0 Å². The Morgan fingerprint density at radius 3 is 2.71 bits per heavy atom. The molecule has 0 saturated carbocycles. The lowest BCUT2D eigenvalue weighted by molar-refractivity contribution is 0.254. The van der Waals surface area contributed by atoms with Crippen molar-refractivity contribution in [3.63, 3.8) is 0 Å². The minimum absolute atomic E-state index is 0.0625. The van der Waals surface area contributed by atoms with E-state index in [0.717, 1.165) is 23.8 Å². The smallest absolute Gasteiger partial charge is 0.323 e. The summed E-state index contributed by atoms with van der Waals surface area (Å²) in [5.74, 6) is 0.770. The fourth-order valence-electron chi connectivity index (χ4n) is 2.14. The SMILES string of the molecule is O=C(NC1=CNC2PC=CC=C12)Nc1cc(F)cc(F)c1. The van der Waals surface area contributed by atoms with E-state index in [9.17, 15) is 13.6 Å². The number of nitrogens with one attached hydrogen (secondary N) is 3. The molecule has 1 aromatic carbocycles. The number of rotatable bonds is 2. The Morgan fingerprint density at radius 2 is 1.95 bits per heavy atom. The summed E-state index contributed by atoms with van der Waals surface area (Å²) in [5.41, 5.74) is 1.72. The molecule has 7 heteroatoms. The molecule has 108 valence electrons. The highest BCUT2D eigenvalue weighted by atomic mass is 31.1. The Morgan fingerprint density at radius 1 is 1.19 bits per heavy atom. The summed E-state index contributed by atoms with van der Waals surface area (Å²) in [4.78, 5) is 11.9. The third-order valence-electron chi connectivity index (χ3n) is 3.02. The molecule has 0 aromatic heterocycles. The van der Waals surface area contributed by atoms with Crippen molar-refractivity contribution in [2.75, 3.05) is 5.32 Å². The molecule has 4 nitrogen and oxygen atoms in total. The van der Waals surface area contributed by atoms with Gasteiger partial charge in [-0.2, -0.15) is 0 Å². The molecular weight excluding hydrogens is 295 g/mol. The van der Waals surface area contributed by atoms with Gasteiger partial charge in [0.2, 0.25) is 0 Å². The molecule has 3 rings (SSSR count). The number of carbonyl (C=O) groups excluding carboxylic acids is 1. The summed E-state index contributed by atoms with van der Waals surface area (Å²) < 4.78 is 26.1. The van der Waals surface area contributed by atoms with Crippen molar-refractivity contribution in [2.45, 2.75) is 5.78 Å². The fraction of sp³-hybridized carbons (Fsp3) is 0.0714. The van der Waals surface area contributed by atoms with Gasteiger partial charge in [0, 0.05) is 23.5 Å². The largest absolute Gasteiger partial charge is 0.378 e. The molecule has 0 aliphatic carbocycles. The summed E-state index contributed by atoms with van der Waals surface area (Å²) in [6.45, 7) is 0. The number of hydrogen-bond acceptors (Lipinski definition) is 2. The predicted octanol–water partition coefficient (Wildman–Crippen LogP) is 2.99. The first-order valence-corrected chi connectivity index (χ1v) is 7.41. The Hall–Kier alpha value is -2.20. The molecular formula is C14H12F2N3OP. The maximum Gasteiger partial charge on any atom is 0.323 e. The Balaban J connectivity index is 1.67. The second-order valence-electron chi connectivity index (χ2n) is 4.54. The Labute approximate surface area is 121 Å². The topological polar surface area (TPSA) is 53.2 Å². The van der Waals surface area contributed by atoms with Crippen LogP contribution in [-0.4, -0.2) is 11.8 Å². The standard InChI is InChI=1S/C14H12F2N3OP/c15-8-4-9(16)6-10(5-8)18-14(20)19-12-7-17-13-11(12)2-1-3-21-13/h1-7,13,17,21H,(H2,18,19,20). The monoisotopic (exact) mass is 307 g/mol. The zero-order valence-corrected chi connectivity index (χ0v) is 11.8. The van der Waals surface area contributed by atoms with Crippen LogP contribution in [0.25, 0.3) is 0 Å². The van der Waals surface area contributed by atoms with E-state index in [1.54, 1.807) is 6.20 Å². The minimum atomic E-state index is -0.742. The molecule has 0 radical (unpaired) electrons. The van der Waals surface area contributed by atoms with Crippen LogP contribution in [0.3, 0.4) is 0 Å². The number of benzene rings is 1. The van der Waals surface area contributed by atoms with E-state index in [2.05, 4.69) is 21.8 Å². The molecule has 0 bridgehead atoms. The number of fused-ring (bicyclic) bond motifs is 1. The molecule has 0 spiro atoms. The van der Waals surface area contributed by atoms with Crippen molar-refractivity contribution in [1.29, 1.82) is 0 Å². The zero-order valence-electron chi connectivity index (χ0n) is 10.8. The van der Waals surface area contributed by atoms with Gasteiger partial charge in [0.05, 0.1) is 11.5 Å². The third kappa shape index (κ3) is 3.11. The van der Waals surface area contributed by atoms with Crippen LogP contribution in [0.1, 0.15) is 0 Å². The van der Waals surface area contributed by atoms with Crippen molar-refractivity contribution < 1.29 is 13.6 Å². The van der Waals surface area contributed by atoms with E-state index in [-0.39, 0.29) is 11.5 Å². The number of amides is 2. The van der Waals surface area contributed by atoms with E-state index in [0.29, 0.717) is 14.3 Å². The van der Waals surface area contributed by atoms with Crippen molar-refractivity contribution in [2.24, 2.45) is 0 Å². The van der Waals surface area contributed by atoms with E-state index >= 15 is 0 Å². The van der Waals surface area contributed by atoms with Crippen molar-refractivity contribution in [3.8, 4) is 0 Å². The average Bonchev–Trinajstić information content (AvgIpc) is 2.81. The predicted molar refractivity (Wildman–Crippen MR) is 79.1 cm³/mol. The minimum Gasteiger partial charge on any atom is -0.378 e. The molecule has 21 heavy (non-hydrogen) atoms. The van der Waals surface area contributed by atoms with Gasteiger partial charge in [0.25, 0.3) is 0 Å². The van der Waals surface area contributed by atoms with Gasteiger partial charge in [-0.1, -0.05) is 26.5 Å². The third-order valence-corrected chi connectivity index (χ3v) is 4.22. The molecule has 1 aromatic rings. The van der Waals surface area contributed by atoms with Gasteiger partial charge >= 0.3 is 6.03 Å². The lowest BCUT2D eigenvalue weighted by Crippen LogP contribution is -2.29. The Kier molecular flexibility index (Phi) is 3.71. The first-order chi connectivity index (χ1) is 10.1. The van der Waals surface area contributed by atoms with Gasteiger partial charge in [-0.15, -0.1) is 0 Å². The number of hydrogen-bond donors (Lipinski definition) is 3. The van der Waals surface area contributed by atoms with E-state index in [1.165, 1.54) is 0 Å². The summed E-state index contributed by atoms with van der Waals surface area (Å²) in [7, 11) is 0.605. The normalized spacial score (nSPS) is 20.4. The first kappa shape index (κ1) is 13.8. The van der Waals surface area contributed by atoms with Crippen molar-refractivity contribution in [1.82, 2.24) is 10.6 Å². The molecule has 2 heterocycles. The Bertz CT molecular complexity index is 665. The molecule has 2 atom stereocenters. The highest BCUT2D eigenvalue weighted by Gasteiger charge is 2.24. The number of allylic oxidation sites excluding steroid dienone is 2. The average molecular weight is 307 g/mol. The van der Waals surface area contributed by atoms with Crippen molar-refractivity contribution in [3.05, 3.63) is 65.3 Å². The summed E-state index contributed by atoms with van der Waals surface area (Å²) >= 11 is 0. The van der Waals surface area contributed by atoms with Crippen LogP contribution in [-0.2, 0) is 0 Å². The summed E-state index contributed by atoms with van der Waals surface area (Å²) in [5, 5.41) is 8.24. The first-order valence-electron chi connectivity index (χ1n) is 6.25. The van der Waals surface area contributed by atoms with Gasteiger partial charge in [-0.05, 0) is 12.1 Å². The number of halogens is 2. The maximum atomic E-state index is 13.1. The quantitative estimate of drug-likeness (QED) is 0.736. The molecule has 2 aliphatic rings. The maximum absolute atomic E-state index is 13.1. The van der Waals surface area contributed by atoms with E-state index in [4.69, 9.17) is 0 Å². The molecule has 3 N–H and O–H groups in total. The molecule has 2 aliphatic heterocycles. The van der Waals surface area contributed by atoms with Gasteiger partial charge in [0.1, 0.15) is 11.6 Å². The van der Waals surface area contributed by atoms with Crippen molar-refractivity contribution >= 4 is 20.3 Å². The van der Waals surface area contributed by atoms with Crippen LogP contribution < -0.4 is 16.0 Å². The highest BCUT2D eigenvalue weighted by Crippen LogP contribution is 2.35. The van der Waals surface area contributed by atoms with Gasteiger partial charge in [-0.25, -0.2) is 13.6 Å². The molecule has 0 fully saturated rings. The highest BCUT2D eigenvalue weighted by molar-refractivity contribution is 7.43. The van der Waals surface area contributed by atoms with Gasteiger partial charge in [0.15, 0.2) is 0 Å². The van der Waals surface area contributed by atoms with E-state index < -0.39 is 17.7 Å². The van der Waals surface area contributed by atoms with Crippen LogP contribution in [0.4, 0.5) is 19.3 Å². The van der Waals surface area contributed by atoms with Gasteiger partial charge in [-0.3, -0.25) is 0 Å². The second-order valence-corrected chi connectivity index (χ2v) is 5.79. The van der Waals surface area contributed by atoms with Crippen LogP contribution in [0.15, 0.2) is 53.6 Å². The summed E-state index contributed by atoms with van der Waals surface area (Å²) in [6, 6.07) is 2.30. The second kappa shape index (κ2) is 5.66. The summed E-state index contributed by atoms with van der Waals surface area (Å²) in [6.07, 6.45) is 5.59. The molecule has 0 saturated heterocycles. The number of anilines is 1. The zero-order chi connectivity index (χ0) is 14.8. The lowest BCUT2D eigenvalue weighted by atomic mass is 10.2. The fourth-order valence-corrected chi connectivity index (χ4v) is 3.15. The van der Waals surface area contributed by atoms with E-state index in [1.807, 2.05) is 12.2 Å². The van der Waals surface area contributed by atoms with Crippen LogP contribution in [0.2, 0.25) is 0 Å². The molecule has 2 unspecified atom stereocenters.